The van der Waals surface area contributed by atoms with E-state index in [0.717, 1.165) is 29.5 Å². The Balaban J connectivity index is 1.34. The van der Waals surface area contributed by atoms with Gasteiger partial charge in [0.2, 0.25) is 11.8 Å². The number of hydrogen-bond donors (Lipinski definition) is 2. The fourth-order valence-electron chi connectivity index (χ4n) is 6.13. The predicted octanol–water partition coefficient (Wildman–Crippen LogP) is 4.57. The van der Waals surface area contributed by atoms with Gasteiger partial charge in [-0.25, -0.2) is 0 Å². The first-order valence-corrected chi connectivity index (χ1v) is 13.7. The number of carbonyl (C=O) groups excluding carboxylic acids is 3. The second-order valence-corrected chi connectivity index (χ2v) is 10.4. The molecule has 3 amide bonds. The van der Waals surface area contributed by atoms with Crippen molar-refractivity contribution in [1.82, 2.24) is 15.5 Å². The van der Waals surface area contributed by atoms with E-state index in [0.29, 0.717) is 38.0 Å². The average molecular weight is 522 g/mol. The summed E-state index contributed by atoms with van der Waals surface area (Å²) in [5.74, 6) is -0.348. The van der Waals surface area contributed by atoms with Crippen molar-refractivity contribution in [1.29, 1.82) is 0 Å². The Bertz CT molecular complexity index is 1330. The fraction of sp³-hybridized carbons (Fsp3) is 0.303. The maximum absolute atomic E-state index is 13.9. The zero-order chi connectivity index (χ0) is 27.2. The Morgan fingerprint density at radius 3 is 2.21 bits per heavy atom. The number of piperidine rings is 1. The third-order valence-electron chi connectivity index (χ3n) is 8.14. The molecule has 2 aliphatic rings. The van der Waals surface area contributed by atoms with Gasteiger partial charge in [0.15, 0.2) is 0 Å². The van der Waals surface area contributed by atoms with E-state index in [1.807, 2.05) is 89.8 Å². The lowest BCUT2D eigenvalue weighted by atomic mass is 9.62. The highest BCUT2D eigenvalue weighted by Gasteiger charge is 2.48. The van der Waals surface area contributed by atoms with Crippen molar-refractivity contribution in [3.05, 3.63) is 120 Å². The summed E-state index contributed by atoms with van der Waals surface area (Å²) < 4.78 is 0. The number of hydrogen-bond acceptors (Lipinski definition) is 3. The van der Waals surface area contributed by atoms with Crippen LogP contribution in [-0.2, 0) is 15.0 Å². The Morgan fingerprint density at radius 2 is 1.51 bits per heavy atom. The van der Waals surface area contributed by atoms with Crippen LogP contribution in [0, 0.1) is 0 Å². The monoisotopic (exact) mass is 521 g/mol. The van der Waals surface area contributed by atoms with E-state index >= 15 is 0 Å². The minimum Gasteiger partial charge on any atom is -0.352 e. The molecular weight excluding hydrogens is 486 g/mol. The van der Waals surface area contributed by atoms with Crippen molar-refractivity contribution in [3.63, 3.8) is 0 Å². The third kappa shape index (κ3) is 5.24. The first kappa shape index (κ1) is 26.4. The van der Waals surface area contributed by atoms with Crippen molar-refractivity contribution in [2.75, 3.05) is 19.6 Å². The van der Waals surface area contributed by atoms with Gasteiger partial charge in [0, 0.05) is 31.2 Å². The zero-order valence-electron chi connectivity index (χ0n) is 22.1. The summed E-state index contributed by atoms with van der Waals surface area (Å²) in [5.41, 5.74) is 2.53. The fourth-order valence-corrected chi connectivity index (χ4v) is 6.13. The van der Waals surface area contributed by atoms with Gasteiger partial charge in [-0.1, -0.05) is 78.9 Å². The number of likely N-dealkylation sites (tertiary alicyclic amines) is 1. The van der Waals surface area contributed by atoms with Crippen LogP contribution in [-0.4, -0.2) is 48.3 Å². The molecule has 6 heteroatoms. The lowest BCUT2D eigenvalue weighted by Crippen LogP contribution is -2.51. The molecule has 0 aromatic heterocycles. The molecule has 1 aliphatic heterocycles. The Labute approximate surface area is 230 Å². The SMILES string of the molecule is C=CCNC(=O)[C@]1(c2ccccc2)CCC(C(=O)N2CCC(NC(=O)c3ccccc3)CC2)c2ccccc21. The molecule has 1 unspecified atom stereocenters. The molecule has 0 spiro atoms. The van der Waals surface area contributed by atoms with Gasteiger partial charge in [0.25, 0.3) is 5.91 Å². The van der Waals surface area contributed by atoms with Gasteiger partial charge in [-0.05, 0) is 54.5 Å². The molecule has 1 saturated heterocycles. The Morgan fingerprint density at radius 1 is 0.872 bits per heavy atom. The van der Waals surface area contributed by atoms with Crippen LogP contribution in [0.1, 0.15) is 58.6 Å². The molecule has 3 aromatic rings. The van der Waals surface area contributed by atoms with Gasteiger partial charge >= 0.3 is 0 Å². The largest absolute Gasteiger partial charge is 0.352 e. The summed E-state index contributed by atoms with van der Waals surface area (Å²) in [6.07, 6.45) is 4.24. The van der Waals surface area contributed by atoms with E-state index in [1.54, 1.807) is 6.08 Å². The van der Waals surface area contributed by atoms with E-state index in [2.05, 4.69) is 17.2 Å². The molecule has 2 atom stereocenters. The smallest absolute Gasteiger partial charge is 0.251 e. The third-order valence-corrected chi connectivity index (χ3v) is 8.14. The first-order chi connectivity index (χ1) is 19.0. The van der Waals surface area contributed by atoms with Crippen LogP contribution in [0.5, 0.6) is 0 Å². The summed E-state index contributed by atoms with van der Waals surface area (Å²) in [5, 5.41) is 6.15. The van der Waals surface area contributed by atoms with Crippen LogP contribution < -0.4 is 10.6 Å². The number of benzene rings is 3. The van der Waals surface area contributed by atoms with E-state index in [-0.39, 0.29) is 29.7 Å². The molecule has 2 N–H and O–H groups in total. The van der Waals surface area contributed by atoms with Gasteiger partial charge in [-0.2, -0.15) is 0 Å². The number of nitrogens with one attached hydrogen (secondary N) is 2. The van der Waals surface area contributed by atoms with Gasteiger partial charge < -0.3 is 15.5 Å². The van der Waals surface area contributed by atoms with Gasteiger partial charge in [-0.15, -0.1) is 6.58 Å². The summed E-state index contributed by atoms with van der Waals surface area (Å²) in [6, 6.07) is 27.0. The van der Waals surface area contributed by atoms with E-state index in [9.17, 15) is 14.4 Å². The normalized spacial score (nSPS) is 20.9. The molecular formula is C33H35N3O3. The number of fused-ring (bicyclic) bond motifs is 1. The van der Waals surface area contributed by atoms with Crippen molar-refractivity contribution in [2.24, 2.45) is 0 Å². The van der Waals surface area contributed by atoms with Crippen LogP contribution >= 0.6 is 0 Å². The second kappa shape index (κ2) is 11.7. The van der Waals surface area contributed by atoms with E-state index in [4.69, 9.17) is 0 Å². The van der Waals surface area contributed by atoms with Crippen molar-refractivity contribution >= 4 is 17.7 Å². The molecule has 0 bridgehead atoms. The molecule has 1 fully saturated rings. The van der Waals surface area contributed by atoms with Crippen LogP contribution in [0.2, 0.25) is 0 Å². The molecule has 0 saturated carbocycles. The zero-order valence-corrected chi connectivity index (χ0v) is 22.1. The quantitative estimate of drug-likeness (QED) is 0.447. The molecule has 3 aromatic carbocycles. The minimum absolute atomic E-state index is 0.0414. The summed E-state index contributed by atoms with van der Waals surface area (Å²) in [6.45, 7) is 5.33. The molecule has 200 valence electrons. The van der Waals surface area contributed by atoms with Crippen LogP contribution in [0.3, 0.4) is 0 Å². The molecule has 1 aliphatic carbocycles. The summed E-state index contributed by atoms with van der Waals surface area (Å²) in [4.78, 5) is 42.2. The van der Waals surface area contributed by atoms with Crippen LogP contribution in [0.15, 0.2) is 97.6 Å². The van der Waals surface area contributed by atoms with Crippen LogP contribution in [0.4, 0.5) is 0 Å². The number of amides is 3. The lowest BCUT2D eigenvalue weighted by Gasteiger charge is -2.42. The van der Waals surface area contributed by atoms with Gasteiger partial charge in [0.05, 0.1) is 11.3 Å². The number of rotatable bonds is 7. The van der Waals surface area contributed by atoms with Gasteiger partial charge in [0.1, 0.15) is 0 Å². The maximum atomic E-state index is 13.9. The minimum atomic E-state index is -0.869. The van der Waals surface area contributed by atoms with Gasteiger partial charge in [-0.3, -0.25) is 14.4 Å². The molecule has 39 heavy (non-hydrogen) atoms. The standard InChI is InChI=1S/C33H35N3O3/c1-2-21-34-32(39)33(25-13-7-4-8-14-25)20-17-28(27-15-9-10-16-29(27)33)31(38)36-22-18-26(19-23-36)35-30(37)24-11-5-3-6-12-24/h2-16,26,28H,1,17-23H2,(H,34,39)(H,35,37)/t28?,33-/m0/s1. The molecule has 0 radical (unpaired) electrons. The van der Waals surface area contributed by atoms with Crippen molar-refractivity contribution in [2.45, 2.75) is 43.1 Å². The predicted molar refractivity (Wildman–Crippen MR) is 152 cm³/mol. The summed E-state index contributed by atoms with van der Waals surface area (Å²) >= 11 is 0. The number of nitrogens with zero attached hydrogens (tertiary/aromatic N) is 1. The average Bonchev–Trinajstić information content (AvgIpc) is 3.00. The second-order valence-electron chi connectivity index (χ2n) is 10.4. The van der Waals surface area contributed by atoms with Crippen LogP contribution in [0.25, 0.3) is 0 Å². The topological polar surface area (TPSA) is 78.5 Å². The highest BCUT2D eigenvalue weighted by molar-refractivity contribution is 5.95. The molecule has 5 rings (SSSR count). The van der Waals surface area contributed by atoms with Crippen molar-refractivity contribution < 1.29 is 14.4 Å². The first-order valence-electron chi connectivity index (χ1n) is 13.7. The Kier molecular flexibility index (Phi) is 7.92. The molecule has 6 nitrogen and oxygen atoms in total. The number of carbonyl (C=O) groups is 3. The molecule has 1 heterocycles. The van der Waals surface area contributed by atoms with E-state index in [1.165, 1.54) is 0 Å². The van der Waals surface area contributed by atoms with E-state index < -0.39 is 5.41 Å². The summed E-state index contributed by atoms with van der Waals surface area (Å²) in [7, 11) is 0. The lowest BCUT2D eigenvalue weighted by molar-refractivity contribution is -0.135. The highest BCUT2D eigenvalue weighted by Crippen LogP contribution is 2.47. The van der Waals surface area contributed by atoms with Crippen molar-refractivity contribution in [3.8, 4) is 0 Å². The Hall–Kier alpha value is -4.19. The highest BCUT2D eigenvalue weighted by atomic mass is 16.2. The maximum Gasteiger partial charge on any atom is 0.251 e.